The highest BCUT2D eigenvalue weighted by Crippen LogP contribution is 2.26. The van der Waals surface area contributed by atoms with E-state index in [1.807, 2.05) is 0 Å². The van der Waals surface area contributed by atoms with E-state index >= 15 is 0 Å². The Morgan fingerprint density at radius 2 is 0.870 bits per heavy atom. The molecule has 15 heteroatoms. The Kier molecular flexibility index (Phi) is 37.2. The van der Waals surface area contributed by atoms with Gasteiger partial charge in [-0.1, -0.05) is 146 Å². The summed E-state index contributed by atoms with van der Waals surface area (Å²) in [4.78, 5) is 25.8. The van der Waals surface area contributed by atoms with E-state index in [1.54, 1.807) is 0 Å². The third-order valence-electron chi connectivity index (χ3n) is 12.5. The van der Waals surface area contributed by atoms with Crippen LogP contribution in [0, 0.1) is 0 Å². The zero-order valence-corrected chi connectivity index (χ0v) is 42.3. The van der Waals surface area contributed by atoms with Crippen molar-refractivity contribution in [2.24, 2.45) is 0 Å². The molecule has 0 saturated carbocycles. The van der Waals surface area contributed by atoms with Crippen LogP contribution in [-0.2, 0) is 38.0 Å². The SMILES string of the molecule is CCCCC/C=C\C/C=C\C/C=C\CCCCCCCCC(=O)OC(COC(=O)CCCCCCC/C=C\CCCCCCC)COC1OC(COC2OC(CO)C(O)C(O)C2O)C(O)C(O)C1O. The highest BCUT2D eigenvalue weighted by atomic mass is 16.7. The molecule has 0 aromatic rings. The minimum Gasteiger partial charge on any atom is -0.462 e. The molecule has 0 spiro atoms. The zero-order valence-electron chi connectivity index (χ0n) is 42.3. The van der Waals surface area contributed by atoms with Crippen LogP contribution in [0.4, 0.5) is 0 Å². The molecule has 7 N–H and O–H groups in total. The molecule has 400 valence electrons. The van der Waals surface area contributed by atoms with Gasteiger partial charge in [-0.25, -0.2) is 0 Å². The molecule has 0 amide bonds. The molecule has 2 aliphatic rings. The number of hydrogen-bond acceptors (Lipinski definition) is 15. The van der Waals surface area contributed by atoms with E-state index in [1.165, 1.54) is 57.8 Å². The van der Waals surface area contributed by atoms with E-state index in [-0.39, 0.29) is 19.4 Å². The van der Waals surface area contributed by atoms with Gasteiger partial charge in [0.05, 0.1) is 19.8 Å². The largest absolute Gasteiger partial charge is 0.462 e. The molecule has 11 unspecified atom stereocenters. The number of hydrogen-bond donors (Lipinski definition) is 7. The van der Waals surface area contributed by atoms with Crippen LogP contribution in [0.1, 0.15) is 187 Å². The lowest BCUT2D eigenvalue weighted by atomic mass is 9.98. The summed E-state index contributed by atoms with van der Waals surface area (Å²) in [5.41, 5.74) is 0. The van der Waals surface area contributed by atoms with Crippen molar-refractivity contribution in [2.45, 2.75) is 255 Å². The average Bonchev–Trinajstić information content (AvgIpc) is 3.34. The van der Waals surface area contributed by atoms with Crippen LogP contribution in [0.3, 0.4) is 0 Å². The number of aliphatic hydroxyl groups excluding tert-OH is 7. The number of unbranched alkanes of at least 4 members (excludes halogenated alkanes) is 19. The number of carbonyl (C=O) groups excluding carboxylic acids is 2. The number of carbonyl (C=O) groups is 2. The molecule has 2 fully saturated rings. The molecule has 0 aliphatic carbocycles. The first-order valence-corrected chi connectivity index (χ1v) is 26.7. The number of rotatable bonds is 41. The Hall–Kier alpha value is -2.54. The molecule has 2 heterocycles. The lowest BCUT2D eigenvalue weighted by molar-refractivity contribution is -0.332. The Labute approximate surface area is 414 Å². The van der Waals surface area contributed by atoms with Crippen LogP contribution < -0.4 is 0 Å². The topological polar surface area (TPSA) is 231 Å². The van der Waals surface area contributed by atoms with Crippen molar-refractivity contribution in [3.8, 4) is 0 Å². The molecule has 11 atom stereocenters. The van der Waals surface area contributed by atoms with E-state index in [4.69, 9.17) is 28.4 Å². The average molecular weight is 983 g/mol. The first-order chi connectivity index (χ1) is 33.5. The molecular formula is C54H94O15. The maximum Gasteiger partial charge on any atom is 0.306 e. The van der Waals surface area contributed by atoms with Crippen LogP contribution in [-0.4, -0.2) is 142 Å². The van der Waals surface area contributed by atoms with Gasteiger partial charge in [-0.05, 0) is 77.0 Å². The summed E-state index contributed by atoms with van der Waals surface area (Å²) in [7, 11) is 0. The lowest BCUT2D eigenvalue weighted by Gasteiger charge is -2.42. The summed E-state index contributed by atoms with van der Waals surface area (Å²) in [5, 5.41) is 72.1. The maximum atomic E-state index is 13.0. The standard InChI is InChI=1S/C54H94O15/c1-3-5-7-9-11-13-15-17-19-20-21-22-23-25-27-29-31-33-35-37-46(57)67-42(39-64-45(56)36-34-32-30-28-26-24-18-16-14-12-10-8-6-4-2)40-65-53-52(63)50(61)48(59)44(69-53)41-66-54-51(62)49(60)47(58)43(38-55)68-54/h11,13,16-19,21-22,42-44,47-55,58-63H,3-10,12,14-15,20,23-41H2,1-2H3/b13-11-,18-16-,19-17-,22-21-. The van der Waals surface area contributed by atoms with Crippen molar-refractivity contribution >= 4 is 11.9 Å². The van der Waals surface area contributed by atoms with E-state index in [0.29, 0.717) is 12.8 Å². The van der Waals surface area contributed by atoms with Gasteiger partial charge in [0, 0.05) is 12.8 Å². The summed E-state index contributed by atoms with van der Waals surface area (Å²) in [6.45, 7) is 2.53. The van der Waals surface area contributed by atoms with Gasteiger partial charge in [0.15, 0.2) is 18.7 Å². The molecule has 2 rings (SSSR count). The number of aliphatic hydroxyl groups is 7. The van der Waals surface area contributed by atoms with Crippen molar-refractivity contribution in [1.29, 1.82) is 0 Å². The van der Waals surface area contributed by atoms with Gasteiger partial charge >= 0.3 is 11.9 Å². The fourth-order valence-corrected chi connectivity index (χ4v) is 8.10. The molecule has 0 radical (unpaired) electrons. The molecule has 0 bridgehead atoms. The van der Waals surface area contributed by atoms with E-state index < -0.39 is 99.3 Å². The van der Waals surface area contributed by atoms with Crippen molar-refractivity contribution < 1.29 is 73.8 Å². The predicted molar refractivity (Wildman–Crippen MR) is 266 cm³/mol. The predicted octanol–water partition coefficient (Wildman–Crippen LogP) is 7.88. The van der Waals surface area contributed by atoms with Gasteiger partial charge in [0.1, 0.15) is 55.4 Å². The molecule has 0 aromatic carbocycles. The fraction of sp³-hybridized carbons (Fsp3) is 0.815. The van der Waals surface area contributed by atoms with Gasteiger partial charge in [0.25, 0.3) is 0 Å². The second kappa shape index (κ2) is 41.0. The van der Waals surface area contributed by atoms with Crippen LogP contribution in [0.25, 0.3) is 0 Å². The minimum absolute atomic E-state index is 0.148. The van der Waals surface area contributed by atoms with E-state index in [0.717, 1.165) is 89.9 Å². The quantitative estimate of drug-likeness (QED) is 0.0176. The van der Waals surface area contributed by atoms with Gasteiger partial charge in [-0.15, -0.1) is 0 Å². The maximum absolute atomic E-state index is 13.0. The molecule has 0 aromatic heterocycles. The Balaban J connectivity index is 1.80. The third kappa shape index (κ3) is 28.9. The highest BCUT2D eigenvalue weighted by Gasteiger charge is 2.47. The van der Waals surface area contributed by atoms with Crippen molar-refractivity contribution in [3.05, 3.63) is 48.6 Å². The lowest BCUT2D eigenvalue weighted by Crippen LogP contribution is -2.61. The van der Waals surface area contributed by atoms with Gasteiger partial charge < -0.3 is 64.2 Å². The first-order valence-electron chi connectivity index (χ1n) is 26.7. The van der Waals surface area contributed by atoms with Crippen LogP contribution >= 0.6 is 0 Å². The third-order valence-corrected chi connectivity index (χ3v) is 12.5. The number of ether oxygens (including phenoxy) is 6. The summed E-state index contributed by atoms with van der Waals surface area (Å²) in [6.07, 6.45) is 28.4. The van der Waals surface area contributed by atoms with Crippen LogP contribution in [0.5, 0.6) is 0 Å². The van der Waals surface area contributed by atoms with Crippen molar-refractivity contribution in [2.75, 3.05) is 26.4 Å². The summed E-state index contributed by atoms with van der Waals surface area (Å²) >= 11 is 0. The normalized spacial score (nSPS) is 25.9. The highest BCUT2D eigenvalue weighted by molar-refractivity contribution is 5.70. The summed E-state index contributed by atoms with van der Waals surface area (Å²) < 4.78 is 33.6. The molecular weight excluding hydrogens is 889 g/mol. The monoisotopic (exact) mass is 983 g/mol. The first kappa shape index (κ1) is 62.6. The van der Waals surface area contributed by atoms with Gasteiger partial charge in [-0.3, -0.25) is 9.59 Å². The van der Waals surface area contributed by atoms with Gasteiger partial charge in [0.2, 0.25) is 0 Å². The zero-order chi connectivity index (χ0) is 50.3. The van der Waals surface area contributed by atoms with Crippen molar-refractivity contribution in [1.82, 2.24) is 0 Å². The second-order valence-electron chi connectivity index (χ2n) is 18.7. The molecule has 2 saturated heterocycles. The van der Waals surface area contributed by atoms with Crippen LogP contribution in [0.2, 0.25) is 0 Å². The molecule has 2 aliphatic heterocycles. The van der Waals surface area contributed by atoms with E-state index in [2.05, 4.69) is 62.5 Å². The fourth-order valence-electron chi connectivity index (χ4n) is 8.10. The Morgan fingerprint density at radius 3 is 1.41 bits per heavy atom. The molecule has 15 nitrogen and oxygen atoms in total. The Morgan fingerprint density at radius 1 is 0.464 bits per heavy atom. The number of allylic oxidation sites excluding steroid dienone is 8. The smallest absolute Gasteiger partial charge is 0.306 e. The van der Waals surface area contributed by atoms with Gasteiger partial charge in [-0.2, -0.15) is 0 Å². The van der Waals surface area contributed by atoms with E-state index in [9.17, 15) is 45.3 Å². The van der Waals surface area contributed by atoms with Crippen molar-refractivity contribution in [3.63, 3.8) is 0 Å². The minimum atomic E-state index is -1.77. The number of esters is 2. The van der Waals surface area contributed by atoms with Crippen LogP contribution in [0.15, 0.2) is 48.6 Å². The molecule has 69 heavy (non-hydrogen) atoms. The Bertz CT molecular complexity index is 1390. The second-order valence-corrected chi connectivity index (χ2v) is 18.7. The summed E-state index contributed by atoms with van der Waals surface area (Å²) in [6, 6.07) is 0. The summed E-state index contributed by atoms with van der Waals surface area (Å²) in [5.74, 6) is -0.949.